The van der Waals surface area contributed by atoms with Crippen LogP contribution in [0.25, 0.3) is 22.2 Å². The van der Waals surface area contributed by atoms with Gasteiger partial charge in [0.15, 0.2) is 0 Å². The van der Waals surface area contributed by atoms with Crippen molar-refractivity contribution in [3.05, 3.63) is 52.9 Å². The molecule has 3 aromatic rings. The van der Waals surface area contributed by atoms with Gasteiger partial charge in [-0.1, -0.05) is 18.2 Å². The van der Waals surface area contributed by atoms with Gasteiger partial charge < -0.3 is 15.3 Å². The number of aromatic nitrogens is 2. The Morgan fingerprint density at radius 3 is 2.32 bits per heavy atom. The van der Waals surface area contributed by atoms with E-state index in [1.54, 1.807) is 11.6 Å². The Morgan fingerprint density at radius 1 is 1.02 bits per heavy atom. The number of hydrogen-bond acceptors (Lipinski definition) is 6. The SMILES string of the molecule is Cn1c(=O)n(C2CCC(=O)NC2=O)c2ccc(-c3ccc(N4CCC5(CCNC5)C4)cc3)cc21.O=C(O)C(F)(F)F. The van der Waals surface area contributed by atoms with Gasteiger partial charge in [0.1, 0.15) is 6.04 Å². The second-order valence-electron chi connectivity index (χ2n) is 10.8. The Bertz CT molecular complexity index is 1550. The monoisotopic (exact) mass is 573 g/mol. The zero-order valence-electron chi connectivity index (χ0n) is 22.3. The van der Waals surface area contributed by atoms with Gasteiger partial charge >= 0.3 is 17.8 Å². The number of hydrogen-bond donors (Lipinski definition) is 3. The van der Waals surface area contributed by atoms with Crippen molar-refractivity contribution in [2.24, 2.45) is 12.5 Å². The molecular weight excluding hydrogens is 543 g/mol. The maximum absolute atomic E-state index is 13.0. The summed E-state index contributed by atoms with van der Waals surface area (Å²) in [5.41, 5.74) is 5.02. The van der Waals surface area contributed by atoms with Crippen molar-refractivity contribution < 1.29 is 32.7 Å². The summed E-state index contributed by atoms with van der Waals surface area (Å²) < 4.78 is 34.8. The molecule has 2 amide bonds. The second kappa shape index (κ2) is 10.7. The summed E-state index contributed by atoms with van der Waals surface area (Å²) in [6, 6.07) is 13.9. The number of nitrogens with one attached hydrogen (secondary N) is 2. The number of fused-ring (bicyclic) bond motifs is 1. The summed E-state index contributed by atoms with van der Waals surface area (Å²) >= 11 is 0. The number of piperidine rings is 1. The van der Waals surface area contributed by atoms with Gasteiger partial charge in [-0.25, -0.2) is 9.59 Å². The van der Waals surface area contributed by atoms with Crippen molar-refractivity contribution in [2.45, 2.75) is 37.9 Å². The zero-order valence-corrected chi connectivity index (χ0v) is 22.3. The summed E-state index contributed by atoms with van der Waals surface area (Å²) in [6.45, 7) is 4.46. The number of aliphatic carboxylic acids is 1. The van der Waals surface area contributed by atoms with Crippen LogP contribution in [0.2, 0.25) is 0 Å². The van der Waals surface area contributed by atoms with Crippen molar-refractivity contribution in [1.82, 2.24) is 19.8 Å². The molecule has 3 N–H and O–H groups in total. The largest absolute Gasteiger partial charge is 0.490 e. The molecule has 1 aromatic heterocycles. The summed E-state index contributed by atoms with van der Waals surface area (Å²) in [6.07, 6.45) is -2.01. The smallest absolute Gasteiger partial charge is 0.475 e. The first-order valence-electron chi connectivity index (χ1n) is 13.3. The van der Waals surface area contributed by atoms with E-state index >= 15 is 0 Å². The van der Waals surface area contributed by atoms with E-state index in [9.17, 15) is 27.6 Å². The third-order valence-electron chi connectivity index (χ3n) is 8.19. The van der Waals surface area contributed by atoms with E-state index in [-0.39, 0.29) is 18.0 Å². The van der Waals surface area contributed by atoms with Gasteiger partial charge in [0.25, 0.3) is 0 Å². The van der Waals surface area contributed by atoms with Crippen LogP contribution in [0.5, 0.6) is 0 Å². The summed E-state index contributed by atoms with van der Waals surface area (Å²) in [4.78, 5) is 48.4. The van der Waals surface area contributed by atoms with E-state index in [1.165, 1.54) is 23.1 Å². The fraction of sp³-hybridized carbons (Fsp3) is 0.429. The van der Waals surface area contributed by atoms with Crippen LogP contribution in [-0.4, -0.2) is 64.4 Å². The lowest BCUT2D eigenvalue weighted by atomic mass is 9.86. The molecule has 2 atom stereocenters. The van der Waals surface area contributed by atoms with Crippen molar-refractivity contribution in [3.8, 4) is 11.1 Å². The van der Waals surface area contributed by atoms with Crippen LogP contribution >= 0.6 is 0 Å². The molecule has 6 rings (SSSR count). The van der Waals surface area contributed by atoms with Crippen molar-refractivity contribution in [3.63, 3.8) is 0 Å². The van der Waals surface area contributed by atoms with Gasteiger partial charge in [0, 0.05) is 44.2 Å². The number of carboxylic acid groups (broad SMARTS) is 1. The van der Waals surface area contributed by atoms with Crippen molar-refractivity contribution in [2.75, 3.05) is 31.1 Å². The van der Waals surface area contributed by atoms with Crippen LogP contribution in [0.15, 0.2) is 47.3 Å². The average Bonchev–Trinajstić information content (AvgIpc) is 3.64. The number of carbonyl (C=O) groups excluding carboxylic acids is 2. The minimum Gasteiger partial charge on any atom is -0.475 e. The van der Waals surface area contributed by atoms with E-state index in [4.69, 9.17) is 9.90 Å². The van der Waals surface area contributed by atoms with E-state index in [1.807, 2.05) is 18.2 Å². The minimum atomic E-state index is -5.08. The minimum absolute atomic E-state index is 0.234. The van der Waals surface area contributed by atoms with Gasteiger partial charge in [-0.15, -0.1) is 0 Å². The van der Waals surface area contributed by atoms with Crippen LogP contribution < -0.4 is 21.2 Å². The molecule has 3 aliphatic heterocycles. The number of aryl methyl sites for hydroxylation is 1. The van der Waals surface area contributed by atoms with E-state index in [0.29, 0.717) is 17.4 Å². The molecule has 1 spiro atoms. The summed E-state index contributed by atoms with van der Waals surface area (Å²) in [5, 5.41) is 13.0. The van der Waals surface area contributed by atoms with E-state index < -0.39 is 24.1 Å². The standard InChI is InChI=1S/C26H29N5O3.C2HF3O2/c1-29-22-14-18(4-7-20(22)31(25(29)34)21-8-9-23(32)28-24(21)33)17-2-5-19(6-3-17)30-13-11-26(16-30)10-12-27-15-26;3-2(4,5)1(6)7/h2-7,14,21,27H,8-13,15-16H2,1H3,(H,28,32,33);(H,6,7). The normalized spacial score (nSPS) is 22.6. The molecule has 218 valence electrons. The van der Waals surface area contributed by atoms with Crippen LogP contribution in [0.3, 0.4) is 0 Å². The number of imidazole rings is 1. The fourth-order valence-electron chi connectivity index (χ4n) is 5.94. The van der Waals surface area contributed by atoms with Gasteiger partial charge in [-0.3, -0.25) is 24.0 Å². The molecule has 3 fully saturated rings. The zero-order chi connectivity index (χ0) is 29.5. The molecular formula is C28H30F3N5O5. The third kappa shape index (κ3) is 5.58. The fourth-order valence-corrected chi connectivity index (χ4v) is 5.94. The maximum Gasteiger partial charge on any atom is 0.490 e. The van der Waals surface area contributed by atoms with Gasteiger partial charge in [-0.2, -0.15) is 13.2 Å². The van der Waals surface area contributed by atoms with Gasteiger partial charge in [0.2, 0.25) is 11.8 Å². The Balaban J connectivity index is 0.000000431. The number of carbonyl (C=O) groups is 3. The third-order valence-corrected chi connectivity index (χ3v) is 8.19. The number of imide groups is 1. The lowest BCUT2D eigenvalue weighted by molar-refractivity contribution is -0.192. The van der Waals surface area contributed by atoms with Crippen molar-refractivity contribution >= 4 is 34.5 Å². The Hall–Kier alpha value is -4.13. The molecule has 0 bridgehead atoms. The number of halogens is 3. The molecule has 4 heterocycles. The van der Waals surface area contributed by atoms with Gasteiger partial charge in [-0.05, 0) is 61.2 Å². The number of rotatable bonds is 3. The highest BCUT2D eigenvalue weighted by molar-refractivity contribution is 6.00. The molecule has 13 heteroatoms. The molecule has 0 radical (unpaired) electrons. The summed E-state index contributed by atoms with van der Waals surface area (Å²) in [7, 11) is 1.72. The van der Waals surface area contributed by atoms with E-state index in [2.05, 4.69) is 39.8 Å². The maximum atomic E-state index is 13.0. The highest BCUT2D eigenvalue weighted by Gasteiger charge is 2.40. The Kier molecular flexibility index (Phi) is 7.41. The Morgan fingerprint density at radius 2 is 1.71 bits per heavy atom. The molecule has 0 aliphatic carbocycles. The van der Waals surface area contributed by atoms with Crippen molar-refractivity contribution in [1.29, 1.82) is 0 Å². The highest BCUT2D eigenvalue weighted by Crippen LogP contribution is 2.38. The van der Waals surface area contributed by atoms with Crippen LogP contribution in [0.4, 0.5) is 18.9 Å². The average molecular weight is 574 g/mol. The number of alkyl halides is 3. The molecule has 3 saturated heterocycles. The van der Waals surface area contributed by atoms with E-state index in [0.717, 1.165) is 42.8 Å². The molecule has 3 aliphatic rings. The second-order valence-corrected chi connectivity index (χ2v) is 10.8. The lowest BCUT2D eigenvalue weighted by Crippen LogP contribution is -2.44. The first kappa shape index (κ1) is 28.4. The summed E-state index contributed by atoms with van der Waals surface area (Å²) in [5.74, 6) is -3.46. The molecule has 2 unspecified atom stereocenters. The first-order valence-corrected chi connectivity index (χ1v) is 13.3. The topological polar surface area (TPSA) is 126 Å². The number of benzene rings is 2. The number of anilines is 1. The molecule has 41 heavy (non-hydrogen) atoms. The van der Waals surface area contributed by atoms with Crippen LogP contribution in [-0.2, 0) is 21.4 Å². The van der Waals surface area contributed by atoms with Crippen LogP contribution in [0, 0.1) is 5.41 Å². The predicted octanol–water partition coefficient (Wildman–Crippen LogP) is 2.81. The number of nitrogens with zero attached hydrogens (tertiary/aromatic N) is 3. The molecule has 0 saturated carbocycles. The Labute approximate surface area is 232 Å². The lowest BCUT2D eigenvalue weighted by Gasteiger charge is -2.24. The predicted molar refractivity (Wildman–Crippen MR) is 144 cm³/mol. The molecule has 2 aromatic carbocycles. The quantitative estimate of drug-likeness (QED) is 0.412. The van der Waals surface area contributed by atoms with Gasteiger partial charge in [0.05, 0.1) is 11.0 Å². The number of amides is 2. The molecule has 10 nitrogen and oxygen atoms in total. The highest BCUT2D eigenvalue weighted by atomic mass is 19.4. The number of carboxylic acids is 1. The first-order chi connectivity index (χ1) is 19.4. The van der Waals surface area contributed by atoms with Crippen LogP contribution in [0.1, 0.15) is 31.7 Å².